The zero-order chi connectivity index (χ0) is 38.6. The van der Waals surface area contributed by atoms with Crippen molar-refractivity contribution in [2.24, 2.45) is 0 Å². The first-order valence-corrected chi connectivity index (χ1v) is 19.5. The van der Waals surface area contributed by atoms with Gasteiger partial charge in [-0.2, -0.15) is 5.26 Å². The third-order valence-corrected chi connectivity index (χ3v) is 11.6. The number of hydrogen-bond acceptors (Lipinski definition) is 4. The summed E-state index contributed by atoms with van der Waals surface area (Å²) in [4.78, 5) is 10.5. The van der Waals surface area contributed by atoms with Gasteiger partial charge in [0.15, 0.2) is 5.82 Å². The molecule has 0 unspecified atom stereocenters. The highest BCUT2D eigenvalue weighted by atomic mass is 16.5. The summed E-state index contributed by atoms with van der Waals surface area (Å²) in [6, 6.07) is 71.9. The molecule has 0 atom stereocenters. The van der Waals surface area contributed by atoms with Crippen molar-refractivity contribution < 1.29 is 4.74 Å². The van der Waals surface area contributed by atoms with Gasteiger partial charge in [0.2, 0.25) is 0 Å². The molecule has 1 spiro atoms. The molecule has 4 heteroatoms. The minimum absolute atomic E-state index is 0.630. The molecule has 11 rings (SSSR count). The van der Waals surface area contributed by atoms with Crippen LogP contribution in [-0.2, 0) is 5.41 Å². The van der Waals surface area contributed by atoms with Crippen LogP contribution in [0.4, 0.5) is 0 Å². The van der Waals surface area contributed by atoms with E-state index in [1.165, 1.54) is 16.7 Å². The van der Waals surface area contributed by atoms with Crippen LogP contribution in [0, 0.1) is 11.3 Å². The Morgan fingerprint density at radius 2 is 0.914 bits per heavy atom. The lowest BCUT2D eigenvalue weighted by Crippen LogP contribution is -2.32. The van der Waals surface area contributed by atoms with E-state index in [0.29, 0.717) is 11.4 Å². The van der Waals surface area contributed by atoms with Gasteiger partial charge in [0.25, 0.3) is 0 Å². The van der Waals surface area contributed by atoms with Crippen LogP contribution in [0.25, 0.3) is 67.3 Å². The van der Waals surface area contributed by atoms with Crippen molar-refractivity contribution in [1.82, 2.24) is 9.97 Å². The molecule has 0 N–H and O–H groups in total. The van der Waals surface area contributed by atoms with Gasteiger partial charge in [0, 0.05) is 27.8 Å². The van der Waals surface area contributed by atoms with Gasteiger partial charge in [-0.1, -0.05) is 164 Å². The smallest absolute Gasteiger partial charge is 0.160 e. The van der Waals surface area contributed by atoms with Crippen LogP contribution >= 0.6 is 0 Å². The number of aromatic nitrogens is 2. The summed E-state index contributed by atoms with van der Waals surface area (Å²) in [5, 5.41) is 9.35. The van der Waals surface area contributed by atoms with Gasteiger partial charge in [-0.05, 0) is 80.9 Å². The Morgan fingerprint density at radius 1 is 0.397 bits per heavy atom. The van der Waals surface area contributed by atoms with Gasteiger partial charge < -0.3 is 4.74 Å². The predicted molar refractivity (Wildman–Crippen MR) is 231 cm³/mol. The number of fused-ring (bicyclic) bond motifs is 9. The van der Waals surface area contributed by atoms with Gasteiger partial charge in [0.05, 0.1) is 28.4 Å². The maximum absolute atomic E-state index is 9.35. The third-order valence-electron chi connectivity index (χ3n) is 11.6. The molecule has 2 heterocycles. The molecule has 0 bridgehead atoms. The summed E-state index contributed by atoms with van der Waals surface area (Å²) >= 11 is 0. The molecule has 2 aliphatic rings. The second-order valence-electron chi connectivity index (χ2n) is 14.8. The van der Waals surface area contributed by atoms with Gasteiger partial charge >= 0.3 is 0 Å². The molecule has 1 aromatic heterocycles. The summed E-state index contributed by atoms with van der Waals surface area (Å²) in [6.07, 6.45) is 0. The van der Waals surface area contributed by atoms with Crippen LogP contribution in [0.1, 0.15) is 27.8 Å². The van der Waals surface area contributed by atoms with Crippen molar-refractivity contribution in [2.45, 2.75) is 5.41 Å². The molecule has 0 radical (unpaired) electrons. The van der Waals surface area contributed by atoms with Crippen molar-refractivity contribution >= 4 is 0 Å². The molecule has 1 aliphatic carbocycles. The first-order valence-electron chi connectivity index (χ1n) is 19.5. The van der Waals surface area contributed by atoms with Crippen molar-refractivity contribution in [2.75, 3.05) is 0 Å². The number of rotatable bonds is 5. The third kappa shape index (κ3) is 5.22. The van der Waals surface area contributed by atoms with Gasteiger partial charge in [-0.25, -0.2) is 9.97 Å². The number of benzene rings is 8. The average molecular weight is 740 g/mol. The lowest BCUT2D eigenvalue weighted by Gasteiger charge is -2.39. The quantitative estimate of drug-likeness (QED) is 0.176. The SMILES string of the molecule is N#Cc1ccc(-c2ccc(-c3cccc4c3-c3cc(-c5nc(-c6ccccc6)cc(-c6ccccc6)n5)ccc3C43c4ccccc4Oc4ccccc43)cc2)cc1. The topological polar surface area (TPSA) is 58.8 Å². The predicted octanol–water partition coefficient (Wildman–Crippen LogP) is 13.2. The molecule has 0 saturated carbocycles. The molecular weight excluding hydrogens is 707 g/mol. The highest BCUT2D eigenvalue weighted by molar-refractivity contribution is 5.98. The number of nitrogens with zero attached hydrogens (tertiary/aromatic N) is 3. The Balaban J connectivity index is 1.16. The van der Waals surface area contributed by atoms with Gasteiger partial charge in [-0.3, -0.25) is 0 Å². The van der Waals surface area contributed by atoms with E-state index in [0.717, 1.165) is 78.5 Å². The lowest BCUT2D eigenvalue weighted by atomic mass is 9.66. The normalized spacial score (nSPS) is 12.7. The highest BCUT2D eigenvalue weighted by Gasteiger charge is 2.51. The van der Waals surface area contributed by atoms with Crippen LogP contribution < -0.4 is 4.74 Å². The van der Waals surface area contributed by atoms with Crippen LogP contribution in [-0.4, -0.2) is 9.97 Å². The van der Waals surface area contributed by atoms with Crippen LogP contribution in [0.15, 0.2) is 200 Å². The van der Waals surface area contributed by atoms with E-state index in [4.69, 9.17) is 14.7 Å². The van der Waals surface area contributed by atoms with Crippen molar-refractivity contribution in [3.05, 3.63) is 228 Å². The van der Waals surface area contributed by atoms with Crippen LogP contribution in [0.2, 0.25) is 0 Å². The van der Waals surface area contributed by atoms with Crippen molar-refractivity contribution in [3.8, 4) is 84.9 Å². The van der Waals surface area contributed by atoms with Crippen molar-refractivity contribution in [3.63, 3.8) is 0 Å². The fraction of sp³-hybridized carbons (Fsp3) is 0.0185. The molecule has 0 saturated heterocycles. The summed E-state index contributed by atoms with van der Waals surface area (Å²) in [5.74, 6) is 2.38. The number of hydrogen-bond donors (Lipinski definition) is 0. The summed E-state index contributed by atoms with van der Waals surface area (Å²) in [5.41, 5.74) is 16.2. The van der Waals surface area contributed by atoms with Gasteiger partial charge in [-0.15, -0.1) is 0 Å². The molecule has 270 valence electrons. The highest BCUT2D eigenvalue weighted by Crippen LogP contribution is 2.63. The largest absolute Gasteiger partial charge is 0.457 e. The van der Waals surface area contributed by atoms with E-state index in [-0.39, 0.29) is 0 Å². The second kappa shape index (κ2) is 13.4. The van der Waals surface area contributed by atoms with E-state index in [1.807, 2.05) is 72.8 Å². The van der Waals surface area contributed by atoms with Crippen LogP contribution in [0.3, 0.4) is 0 Å². The molecule has 9 aromatic rings. The molecule has 58 heavy (non-hydrogen) atoms. The molecule has 1 aliphatic heterocycles. The maximum Gasteiger partial charge on any atom is 0.160 e. The Kier molecular flexibility index (Phi) is 7.74. The summed E-state index contributed by atoms with van der Waals surface area (Å²) < 4.78 is 6.64. The Bertz CT molecular complexity index is 2970. The zero-order valence-corrected chi connectivity index (χ0v) is 31.3. The lowest BCUT2D eigenvalue weighted by molar-refractivity contribution is 0.436. The second-order valence-corrected chi connectivity index (χ2v) is 14.8. The minimum Gasteiger partial charge on any atom is -0.457 e. The number of nitriles is 1. The fourth-order valence-electron chi connectivity index (χ4n) is 9.00. The van der Waals surface area contributed by atoms with Gasteiger partial charge in [0.1, 0.15) is 11.5 Å². The fourth-order valence-corrected chi connectivity index (χ4v) is 9.00. The van der Waals surface area contributed by atoms with E-state index >= 15 is 0 Å². The first kappa shape index (κ1) is 33.5. The van der Waals surface area contributed by atoms with E-state index < -0.39 is 5.41 Å². The van der Waals surface area contributed by atoms with Crippen LogP contribution in [0.5, 0.6) is 11.5 Å². The standard InChI is InChI=1S/C54H33N3O/c55-34-35-22-24-36(25-23-35)37-26-28-38(29-27-37)42-16-11-19-47-52(42)43-32-41(53-56-48(39-12-3-1-4-13-39)33-49(57-53)40-14-5-2-6-15-40)30-31-44(43)54(47)45-17-7-9-20-50(45)58-51-21-10-8-18-46(51)54/h1-33H. The molecular formula is C54H33N3O. The maximum atomic E-state index is 9.35. The van der Waals surface area contributed by atoms with E-state index in [2.05, 4.69) is 133 Å². The minimum atomic E-state index is -0.630. The van der Waals surface area contributed by atoms with E-state index in [9.17, 15) is 5.26 Å². The number of para-hydroxylation sites is 2. The average Bonchev–Trinajstić information content (AvgIpc) is 3.59. The number of ether oxygens (including phenoxy) is 1. The Morgan fingerprint density at radius 3 is 1.52 bits per heavy atom. The first-order chi connectivity index (χ1) is 28.7. The van der Waals surface area contributed by atoms with Crippen molar-refractivity contribution in [1.29, 1.82) is 5.26 Å². The molecule has 0 fully saturated rings. The monoisotopic (exact) mass is 739 g/mol. The summed E-state index contributed by atoms with van der Waals surface area (Å²) in [7, 11) is 0. The Labute approximate surface area is 337 Å². The Hall–Kier alpha value is -7.87. The zero-order valence-electron chi connectivity index (χ0n) is 31.3. The molecule has 4 nitrogen and oxygen atoms in total. The molecule has 8 aromatic carbocycles. The molecule has 0 amide bonds. The summed E-state index contributed by atoms with van der Waals surface area (Å²) in [6.45, 7) is 0. The van der Waals surface area contributed by atoms with E-state index in [1.54, 1.807) is 0 Å².